The van der Waals surface area contributed by atoms with Gasteiger partial charge in [0, 0.05) is 22.2 Å². The number of hydrogen-bond donors (Lipinski definition) is 1. The summed E-state index contributed by atoms with van der Waals surface area (Å²) in [4.78, 5) is 5.64. The van der Waals surface area contributed by atoms with Crippen molar-refractivity contribution < 1.29 is 0 Å². The molecule has 0 saturated carbocycles. The molecule has 0 amide bonds. The summed E-state index contributed by atoms with van der Waals surface area (Å²) in [5.74, 6) is 0. The summed E-state index contributed by atoms with van der Waals surface area (Å²) >= 11 is 7.90. The van der Waals surface area contributed by atoms with Crippen molar-refractivity contribution in [3.8, 4) is 0 Å². The van der Waals surface area contributed by atoms with E-state index in [2.05, 4.69) is 41.5 Å². The van der Waals surface area contributed by atoms with E-state index < -0.39 is 0 Å². The number of halogens is 1. The molecule has 1 heterocycles. The number of hydrogen-bond acceptors (Lipinski definition) is 3. The zero-order valence-corrected chi connectivity index (χ0v) is 12.9. The summed E-state index contributed by atoms with van der Waals surface area (Å²) in [5.41, 5.74) is 3.38. The van der Waals surface area contributed by atoms with Crippen molar-refractivity contribution in [1.82, 2.24) is 10.3 Å². The van der Waals surface area contributed by atoms with E-state index in [4.69, 9.17) is 11.6 Å². The molecule has 1 aromatic carbocycles. The van der Waals surface area contributed by atoms with Gasteiger partial charge >= 0.3 is 0 Å². The van der Waals surface area contributed by atoms with Crippen molar-refractivity contribution in [1.29, 1.82) is 0 Å². The molecule has 0 bridgehead atoms. The molecule has 1 N–H and O–H groups in total. The van der Waals surface area contributed by atoms with E-state index in [1.54, 1.807) is 11.8 Å². The normalized spacial score (nSPS) is 10.7. The van der Waals surface area contributed by atoms with Gasteiger partial charge in [-0.05, 0) is 56.3 Å². The topological polar surface area (TPSA) is 24.9 Å². The quantitative estimate of drug-likeness (QED) is 0.913. The van der Waals surface area contributed by atoms with Crippen LogP contribution in [0.4, 0.5) is 0 Å². The van der Waals surface area contributed by atoms with Crippen molar-refractivity contribution >= 4 is 23.4 Å². The van der Waals surface area contributed by atoms with E-state index >= 15 is 0 Å². The van der Waals surface area contributed by atoms with Crippen molar-refractivity contribution in [3.63, 3.8) is 0 Å². The Morgan fingerprint density at radius 1 is 1.21 bits per heavy atom. The van der Waals surface area contributed by atoms with Crippen LogP contribution in [0.3, 0.4) is 0 Å². The van der Waals surface area contributed by atoms with Crippen LogP contribution in [0.2, 0.25) is 5.02 Å². The molecule has 0 aliphatic carbocycles. The third kappa shape index (κ3) is 3.96. The highest BCUT2D eigenvalue weighted by atomic mass is 35.5. The van der Waals surface area contributed by atoms with Crippen molar-refractivity contribution in [3.05, 3.63) is 52.2 Å². The molecule has 19 heavy (non-hydrogen) atoms. The lowest BCUT2D eigenvalue weighted by atomic mass is 10.2. The van der Waals surface area contributed by atoms with Crippen LogP contribution in [-0.2, 0) is 6.54 Å². The van der Waals surface area contributed by atoms with E-state index in [1.807, 2.05) is 20.0 Å². The zero-order valence-electron chi connectivity index (χ0n) is 11.3. The molecule has 0 aliphatic heterocycles. The fourth-order valence-electron chi connectivity index (χ4n) is 1.90. The molecule has 0 radical (unpaired) electrons. The number of rotatable bonds is 4. The average Bonchev–Trinajstić information content (AvgIpc) is 2.31. The number of benzene rings is 1. The maximum Gasteiger partial charge on any atom is 0.101 e. The molecule has 0 atom stereocenters. The highest BCUT2D eigenvalue weighted by Crippen LogP contribution is 2.30. The fourth-order valence-corrected chi connectivity index (χ4v) is 3.20. The molecule has 0 aliphatic rings. The minimum atomic E-state index is 0.783. The second-order valence-corrected chi connectivity index (χ2v) is 6.01. The van der Waals surface area contributed by atoms with Crippen LogP contribution in [0.1, 0.15) is 16.8 Å². The monoisotopic (exact) mass is 292 g/mol. The Morgan fingerprint density at radius 2 is 2.00 bits per heavy atom. The van der Waals surface area contributed by atoms with Gasteiger partial charge in [0.15, 0.2) is 0 Å². The minimum Gasteiger partial charge on any atom is -0.316 e. The van der Waals surface area contributed by atoms with Gasteiger partial charge in [0.05, 0.1) is 0 Å². The van der Waals surface area contributed by atoms with Crippen LogP contribution in [-0.4, -0.2) is 12.0 Å². The Balaban J connectivity index is 2.21. The third-order valence-corrected chi connectivity index (χ3v) is 3.95. The van der Waals surface area contributed by atoms with Crippen LogP contribution in [0.15, 0.2) is 40.3 Å². The molecule has 100 valence electrons. The molecule has 2 aromatic rings. The number of nitrogens with zero attached hydrogens (tertiary/aromatic N) is 1. The summed E-state index contributed by atoms with van der Waals surface area (Å²) in [5, 5.41) is 4.91. The number of aryl methyl sites for hydroxylation is 2. The fraction of sp³-hybridized carbons (Fsp3) is 0.267. The predicted molar refractivity (Wildman–Crippen MR) is 82.0 cm³/mol. The Bertz CT molecular complexity index is 564. The van der Waals surface area contributed by atoms with Gasteiger partial charge in [-0.15, -0.1) is 0 Å². The summed E-state index contributed by atoms with van der Waals surface area (Å²) in [7, 11) is 1.92. The first-order valence-corrected chi connectivity index (χ1v) is 7.34. The number of pyridine rings is 1. The highest BCUT2D eigenvalue weighted by Gasteiger charge is 2.04. The Kier molecular flexibility index (Phi) is 4.86. The van der Waals surface area contributed by atoms with Gasteiger partial charge in [-0.1, -0.05) is 29.4 Å². The maximum atomic E-state index is 6.26. The predicted octanol–water partition coefficient (Wildman–Crippen LogP) is 4.22. The van der Waals surface area contributed by atoms with Gasteiger partial charge in [-0.25, -0.2) is 4.98 Å². The first-order valence-electron chi connectivity index (χ1n) is 6.14. The van der Waals surface area contributed by atoms with Gasteiger partial charge in [0.1, 0.15) is 5.03 Å². The summed E-state index contributed by atoms with van der Waals surface area (Å²) in [6, 6.07) is 10.3. The molecule has 2 rings (SSSR count). The van der Waals surface area contributed by atoms with Gasteiger partial charge in [-0.3, -0.25) is 0 Å². The molecule has 2 nitrogen and oxygen atoms in total. The maximum absolute atomic E-state index is 6.26. The molecule has 0 saturated heterocycles. The molecule has 0 fully saturated rings. The molecular formula is C15H17ClN2S. The highest BCUT2D eigenvalue weighted by molar-refractivity contribution is 7.99. The summed E-state index contributed by atoms with van der Waals surface area (Å²) in [6.07, 6.45) is 0. The number of aromatic nitrogens is 1. The van der Waals surface area contributed by atoms with Gasteiger partial charge in [0.25, 0.3) is 0 Å². The van der Waals surface area contributed by atoms with E-state index in [0.717, 1.165) is 32.7 Å². The van der Waals surface area contributed by atoms with Gasteiger partial charge < -0.3 is 5.32 Å². The molecule has 0 spiro atoms. The summed E-state index contributed by atoms with van der Waals surface area (Å²) in [6.45, 7) is 4.88. The van der Waals surface area contributed by atoms with Gasteiger partial charge in [-0.2, -0.15) is 0 Å². The second kappa shape index (κ2) is 6.42. The standard InChI is InChI=1S/C15H17ClN2S/c1-10-6-11(2)18-15(7-10)19-13-5-4-12(9-17-3)14(16)8-13/h4-8,17H,9H2,1-3H3. The van der Waals surface area contributed by atoms with Crippen LogP contribution in [0.25, 0.3) is 0 Å². The van der Waals surface area contributed by atoms with Crippen LogP contribution < -0.4 is 5.32 Å². The molecule has 1 aromatic heterocycles. The molecular weight excluding hydrogens is 276 g/mol. The van der Waals surface area contributed by atoms with Crippen LogP contribution in [0, 0.1) is 13.8 Å². The molecule has 0 unspecified atom stereocenters. The SMILES string of the molecule is CNCc1ccc(Sc2cc(C)cc(C)n2)cc1Cl. The zero-order chi connectivity index (χ0) is 13.8. The Labute approximate surface area is 123 Å². The Morgan fingerprint density at radius 3 is 2.63 bits per heavy atom. The van der Waals surface area contributed by atoms with Crippen molar-refractivity contribution in [2.24, 2.45) is 0 Å². The van der Waals surface area contributed by atoms with Gasteiger partial charge in [0.2, 0.25) is 0 Å². The van der Waals surface area contributed by atoms with E-state index in [1.165, 1.54) is 5.56 Å². The lowest BCUT2D eigenvalue weighted by Gasteiger charge is -2.07. The largest absolute Gasteiger partial charge is 0.316 e. The molecule has 4 heteroatoms. The van der Waals surface area contributed by atoms with Crippen LogP contribution >= 0.6 is 23.4 Å². The number of nitrogens with one attached hydrogen (secondary N) is 1. The summed E-state index contributed by atoms with van der Waals surface area (Å²) < 4.78 is 0. The first-order chi connectivity index (χ1) is 9.08. The van der Waals surface area contributed by atoms with E-state index in [0.29, 0.717) is 0 Å². The van der Waals surface area contributed by atoms with E-state index in [9.17, 15) is 0 Å². The van der Waals surface area contributed by atoms with Crippen LogP contribution in [0.5, 0.6) is 0 Å². The smallest absolute Gasteiger partial charge is 0.101 e. The average molecular weight is 293 g/mol. The van der Waals surface area contributed by atoms with Crippen molar-refractivity contribution in [2.45, 2.75) is 30.3 Å². The lowest BCUT2D eigenvalue weighted by molar-refractivity contribution is 0.817. The van der Waals surface area contributed by atoms with E-state index in [-0.39, 0.29) is 0 Å². The first kappa shape index (κ1) is 14.4. The second-order valence-electron chi connectivity index (χ2n) is 4.51. The third-order valence-electron chi connectivity index (χ3n) is 2.69. The minimum absolute atomic E-state index is 0.783. The Hall–Kier alpha value is -1.03. The lowest BCUT2D eigenvalue weighted by Crippen LogP contribution is -2.05. The van der Waals surface area contributed by atoms with Crippen molar-refractivity contribution in [2.75, 3.05) is 7.05 Å².